The molecular formula is C17H17FN2O3S. The van der Waals surface area contributed by atoms with Gasteiger partial charge in [0.25, 0.3) is 0 Å². The molecule has 2 amide bonds. The van der Waals surface area contributed by atoms with Crippen LogP contribution in [0, 0.1) is 5.82 Å². The molecule has 5 nitrogen and oxygen atoms in total. The van der Waals surface area contributed by atoms with Crippen LogP contribution in [0.15, 0.2) is 59.5 Å². The Morgan fingerprint density at radius 2 is 1.75 bits per heavy atom. The minimum Gasteiger partial charge on any atom is -0.323 e. The summed E-state index contributed by atoms with van der Waals surface area (Å²) in [6.07, 6.45) is 0.397. The summed E-state index contributed by atoms with van der Waals surface area (Å²) in [5.74, 6) is -0.386. The van der Waals surface area contributed by atoms with E-state index >= 15 is 0 Å². The first-order chi connectivity index (χ1) is 11.5. The van der Waals surface area contributed by atoms with Gasteiger partial charge < -0.3 is 10.2 Å². The van der Waals surface area contributed by atoms with Gasteiger partial charge in [-0.05, 0) is 42.8 Å². The summed E-state index contributed by atoms with van der Waals surface area (Å²) in [6.45, 7) is 0.508. The van der Waals surface area contributed by atoms with E-state index in [-0.39, 0.29) is 23.3 Å². The number of likely N-dealkylation sites (tertiary alicyclic amines) is 1. The second-order valence-electron chi connectivity index (χ2n) is 5.65. The molecule has 1 saturated heterocycles. The van der Waals surface area contributed by atoms with Gasteiger partial charge in [0, 0.05) is 18.8 Å². The normalized spacial score (nSPS) is 17.7. The van der Waals surface area contributed by atoms with Crippen molar-refractivity contribution in [3.63, 3.8) is 0 Å². The van der Waals surface area contributed by atoms with Gasteiger partial charge in [0.1, 0.15) is 5.82 Å². The highest BCUT2D eigenvalue weighted by molar-refractivity contribution is 7.92. The summed E-state index contributed by atoms with van der Waals surface area (Å²) < 4.78 is 38.1. The van der Waals surface area contributed by atoms with E-state index < -0.39 is 15.1 Å². The molecule has 1 aliphatic heterocycles. The van der Waals surface area contributed by atoms with Crippen molar-refractivity contribution in [2.24, 2.45) is 0 Å². The molecule has 1 N–H and O–H groups in total. The summed E-state index contributed by atoms with van der Waals surface area (Å²) in [5.41, 5.74) is 0.468. The first-order valence-corrected chi connectivity index (χ1v) is 9.12. The minimum absolute atomic E-state index is 0.143. The summed E-state index contributed by atoms with van der Waals surface area (Å²) in [7, 11) is -3.45. The number of carbonyl (C=O) groups excluding carboxylic acids is 1. The molecule has 24 heavy (non-hydrogen) atoms. The number of benzene rings is 2. The third-order valence-electron chi connectivity index (χ3n) is 4.04. The Hall–Kier alpha value is -2.41. The fourth-order valence-electron chi connectivity index (χ4n) is 2.70. The van der Waals surface area contributed by atoms with Gasteiger partial charge in [0.2, 0.25) is 0 Å². The van der Waals surface area contributed by atoms with Crippen LogP contribution >= 0.6 is 0 Å². The fourth-order valence-corrected chi connectivity index (χ4v) is 4.42. The Labute approximate surface area is 140 Å². The Balaban J connectivity index is 1.66. The standard InChI is InChI=1S/C17H17FN2O3S/c18-13-6-8-14(9-7-13)19-17(21)20-11-10-16(12-20)24(22,23)15-4-2-1-3-5-15/h1-9,16H,10-12H2,(H,19,21). The lowest BCUT2D eigenvalue weighted by Crippen LogP contribution is -2.35. The number of halogens is 1. The van der Waals surface area contributed by atoms with Crippen LogP contribution in [0.25, 0.3) is 0 Å². The second kappa shape index (κ2) is 6.60. The first-order valence-electron chi connectivity index (χ1n) is 7.57. The summed E-state index contributed by atoms with van der Waals surface area (Å²) in [5, 5.41) is 2.04. The van der Waals surface area contributed by atoms with Crippen LogP contribution in [-0.4, -0.2) is 37.7 Å². The minimum atomic E-state index is -3.45. The Morgan fingerprint density at radius 3 is 2.42 bits per heavy atom. The lowest BCUT2D eigenvalue weighted by Gasteiger charge is -2.17. The van der Waals surface area contributed by atoms with E-state index in [4.69, 9.17) is 0 Å². The van der Waals surface area contributed by atoms with E-state index in [1.54, 1.807) is 30.3 Å². The molecule has 0 radical (unpaired) electrons. The van der Waals surface area contributed by atoms with Crippen molar-refractivity contribution in [1.29, 1.82) is 0 Å². The highest BCUT2D eigenvalue weighted by atomic mass is 32.2. The van der Waals surface area contributed by atoms with Crippen molar-refractivity contribution in [2.45, 2.75) is 16.6 Å². The van der Waals surface area contributed by atoms with Crippen LogP contribution in [0.5, 0.6) is 0 Å². The van der Waals surface area contributed by atoms with E-state index in [0.717, 1.165) is 0 Å². The number of amides is 2. The molecule has 0 aromatic heterocycles. The van der Waals surface area contributed by atoms with Crippen molar-refractivity contribution in [3.8, 4) is 0 Å². The van der Waals surface area contributed by atoms with Gasteiger partial charge in [0.05, 0.1) is 10.1 Å². The molecule has 0 aliphatic carbocycles. The number of hydrogen-bond donors (Lipinski definition) is 1. The van der Waals surface area contributed by atoms with Gasteiger partial charge in [-0.2, -0.15) is 0 Å². The number of sulfone groups is 1. The molecule has 0 spiro atoms. The van der Waals surface area contributed by atoms with E-state index in [9.17, 15) is 17.6 Å². The highest BCUT2D eigenvalue weighted by Crippen LogP contribution is 2.24. The molecular weight excluding hydrogens is 331 g/mol. The second-order valence-corrected chi connectivity index (χ2v) is 7.88. The molecule has 0 saturated carbocycles. The lowest BCUT2D eigenvalue weighted by atomic mass is 10.3. The fraction of sp³-hybridized carbons (Fsp3) is 0.235. The van der Waals surface area contributed by atoms with Crippen LogP contribution in [0.2, 0.25) is 0 Å². The van der Waals surface area contributed by atoms with Crippen LogP contribution in [0.4, 0.5) is 14.9 Å². The SMILES string of the molecule is O=C(Nc1ccc(F)cc1)N1CCC(S(=O)(=O)c2ccccc2)C1. The third-order valence-corrected chi connectivity index (χ3v) is 6.23. The monoisotopic (exact) mass is 348 g/mol. The van der Waals surface area contributed by atoms with Crippen molar-refractivity contribution in [1.82, 2.24) is 4.90 Å². The molecule has 1 fully saturated rings. The molecule has 1 unspecified atom stereocenters. The number of urea groups is 1. The van der Waals surface area contributed by atoms with Crippen LogP contribution in [0.1, 0.15) is 6.42 Å². The number of carbonyl (C=O) groups is 1. The van der Waals surface area contributed by atoms with Gasteiger partial charge in [-0.15, -0.1) is 0 Å². The van der Waals surface area contributed by atoms with E-state index in [2.05, 4.69) is 5.32 Å². The quantitative estimate of drug-likeness (QED) is 0.927. The highest BCUT2D eigenvalue weighted by Gasteiger charge is 2.36. The van der Waals surface area contributed by atoms with Gasteiger partial charge in [-0.3, -0.25) is 0 Å². The van der Waals surface area contributed by atoms with Crippen molar-refractivity contribution < 1.29 is 17.6 Å². The predicted molar refractivity (Wildman–Crippen MR) is 89.0 cm³/mol. The average Bonchev–Trinajstić information content (AvgIpc) is 3.09. The summed E-state index contributed by atoms with van der Waals surface area (Å²) in [4.78, 5) is 14.0. The van der Waals surface area contributed by atoms with Crippen LogP contribution < -0.4 is 5.32 Å². The van der Waals surface area contributed by atoms with Gasteiger partial charge in [0.15, 0.2) is 9.84 Å². The maximum absolute atomic E-state index is 12.9. The van der Waals surface area contributed by atoms with Crippen LogP contribution in [0.3, 0.4) is 0 Å². The number of hydrogen-bond acceptors (Lipinski definition) is 3. The molecule has 7 heteroatoms. The van der Waals surface area contributed by atoms with Crippen molar-refractivity contribution in [2.75, 3.05) is 18.4 Å². The van der Waals surface area contributed by atoms with Gasteiger partial charge in [-0.1, -0.05) is 18.2 Å². The van der Waals surface area contributed by atoms with Crippen molar-refractivity contribution >= 4 is 21.6 Å². The smallest absolute Gasteiger partial charge is 0.321 e. The molecule has 2 aromatic rings. The van der Waals surface area contributed by atoms with Gasteiger partial charge in [-0.25, -0.2) is 17.6 Å². The predicted octanol–water partition coefficient (Wildman–Crippen LogP) is 2.91. The summed E-state index contributed by atoms with van der Waals surface area (Å²) in [6, 6.07) is 13.3. The topological polar surface area (TPSA) is 66.5 Å². The largest absolute Gasteiger partial charge is 0.323 e. The number of nitrogens with one attached hydrogen (secondary N) is 1. The molecule has 1 heterocycles. The molecule has 1 atom stereocenters. The zero-order valence-electron chi connectivity index (χ0n) is 12.9. The average molecular weight is 348 g/mol. The first kappa shape index (κ1) is 16.4. The molecule has 0 bridgehead atoms. The van der Waals surface area contributed by atoms with E-state index in [1.807, 2.05) is 0 Å². The summed E-state index contributed by atoms with van der Waals surface area (Å²) >= 11 is 0. The number of nitrogens with zero attached hydrogens (tertiary/aromatic N) is 1. The molecule has 2 aromatic carbocycles. The van der Waals surface area contributed by atoms with E-state index in [1.165, 1.54) is 29.2 Å². The molecule has 3 rings (SSSR count). The molecule has 1 aliphatic rings. The zero-order chi connectivity index (χ0) is 17.2. The Kier molecular flexibility index (Phi) is 4.53. The lowest BCUT2D eigenvalue weighted by molar-refractivity contribution is 0.222. The number of anilines is 1. The maximum atomic E-state index is 12.9. The zero-order valence-corrected chi connectivity index (χ0v) is 13.7. The van der Waals surface area contributed by atoms with Gasteiger partial charge >= 0.3 is 6.03 Å². The van der Waals surface area contributed by atoms with Crippen molar-refractivity contribution in [3.05, 3.63) is 60.4 Å². The third kappa shape index (κ3) is 3.41. The van der Waals surface area contributed by atoms with Crippen LogP contribution in [-0.2, 0) is 9.84 Å². The van der Waals surface area contributed by atoms with E-state index in [0.29, 0.717) is 18.7 Å². The maximum Gasteiger partial charge on any atom is 0.321 e. The Morgan fingerprint density at radius 1 is 1.08 bits per heavy atom. The Bertz CT molecular complexity index is 823. The molecule has 126 valence electrons. The number of rotatable bonds is 3.